The molecule has 0 nitrogen and oxygen atoms in total. The molecule has 1 rings (SSSR count). The lowest BCUT2D eigenvalue weighted by Gasteiger charge is -1.68. The van der Waals surface area contributed by atoms with Gasteiger partial charge in [-0.25, -0.2) is 0 Å². The predicted molar refractivity (Wildman–Crippen MR) is 32.6 cm³/mol. The Kier molecular flexibility index (Phi) is 1.29. The smallest absolute Gasteiger partial charge is 0.0217 e. The first-order valence-corrected chi connectivity index (χ1v) is 5.36. The monoisotopic (exact) mass is 116 g/mol. The maximum atomic E-state index is 2.27. The van der Waals surface area contributed by atoms with Crippen molar-refractivity contribution in [2.24, 2.45) is 6.66 Å². The third kappa shape index (κ3) is 0.834. The van der Waals surface area contributed by atoms with E-state index >= 15 is 0 Å². The van der Waals surface area contributed by atoms with Gasteiger partial charge in [0.25, 0.3) is 0 Å². The van der Waals surface area contributed by atoms with Gasteiger partial charge in [-0.05, 0) is 18.3 Å². The van der Waals surface area contributed by atoms with Crippen molar-refractivity contribution in [3.8, 4) is 0 Å². The van der Waals surface area contributed by atoms with E-state index in [0.29, 0.717) is 0 Å². The fourth-order valence-corrected chi connectivity index (χ4v) is 2.59. The van der Waals surface area contributed by atoms with Crippen molar-refractivity contribution in [2.45, 2.75) is 0 Å². The third-order valence-corrected chi connectivity index (χ3v) is 3.80. The Morgan fingerprint density at radius 3 is 2.67 bits per heavy atom. The number of aryl methyl sites for hydroxylation is 1. The molecule has 32 valence electrons. The van der Waals surface area contributed by atoms with Gasteiger partial charge in [-0.15, -0.1) is 0 Å². The summed E-state index contributed by atoms with van der Waals surface area (Å²) in [5, 5.41) is 0. The quantitative estimate of drug-likeness (QED) is 0.488. The Bertz CT molecular complexity index is 109. The first-order chi connectivity index (χ1) is 2.89. The van der Waals surface area contributed by atoms with Crippen molar-refractivity contribution in [1.82, 2.24) is 0 Å². The normalized spacial score (nSPS) is 13.2. The summed E-state index contributed by atoms with van der Waals surface area (Å²) < 4.78 is 0. The highest BCUT2D eigenvalue weighted by molar-refractivity contribution is 7.99. The summed E-state index contributed by atoms with van der Waals surface area (Å²) in [4.78, 5) is 0. The van der Waals surface area contributed by atoms with E-state index in [2.05, 4.69) is 24.3 Å². The lowest BCUT2D eigenvalue weighted by atomic mass is 10.8. The molecular weight excluding hydrogens is 110 g/mol. The molecule has 0 spiro atoms. The van der Waals surface area contributed by atoms with E-state index in [1.807, 2.05) is 0 Å². The fraction of sp³-hybridized carbons (Fsp3) is 0.250. The van der Waals surface area contributed by atoms with Gasteiger partial charge in [-0.2, -0.15) is 0 Å². The second-order valence-corrected chi connectivity index (χ2v) is 5.74. The zero-order valence-electron chi connectivity index (χ0n) is 3.63. The molecule has 1 atom stereocenters. The summed E-state index contributed by atoms with van der Waals surface area (Å²) in [6.07, 6.45) is 0. The van der Waals surface area contributed by atoms with Crippen LogP contribution in [0.3, 0.4) is 0 Å². The third-order valence-electron chi connectivity index (χ3n) is 0.637. The SMILES string of the molecule is Cp1cccp1. The van der Waals surface area contributed by atoms with Crippen LogP contribution in [-0.4, -0.2) is 0 Å². The number of hydrogen-bond donors (Lipinski definition) is 0. The highest BCUT2D eigenvalue weighted by atomic mass is 31.8. The first kappa shape index (κ1) is 4.37. The molecule has 0 radical (unpaired) electrons. The molecule has 0 aliphatic heterocycles. The highest BCUT2D eigenvalue weighted by Gasteiger charge is 1.73. The zero-order valence-corrected chi connectivity index (χ0v) is 5.42. The lowest BCUT2D eigenvalue weighted by molar-refractivity contribution is 2.08. The van der Waals surface area contributed by atoms with Crippen molar-refractivity contribution in [3.05, 3.63) is 17.7 Å². The molecule has 6 heavy (non-hydrogen) atoms. The zero-order chi connectivity index (χ0) is 4.41. The van der Waals surface area contributed by atoms with Gasteiger partial charge in [-0.3, -0.25) is 0 Å². The Balaban J connectivity index is 3.05. The summed E-state index contributed by atoms with van der Waals surface area (Å²) in [6, 6.07) is 2.15. The van der Waals surface area contributed by atoms with E-state index in [0.717, 1.165) is 0 Å². The molecular formula is C4H6P2. The summed E-state index contributed by atoms with van der Waals surface area (Å²) in [5.41, 5.74) is 0. The average Bonchev–Trinajstić information content (AvgIpc) is 1.86. The van der Waals surface area contributed by atoms with Crippen LogP contribution in [0.2, 0.25) is 0 Å². The Morgan fingerprint density at radius 2 is 2.50 bits per heavy atom. The fourth-order valence-electron chi connectivity index (χ4n) is 0.345. The first-order valence-electron chi connectivity index (χ1n) is 1.83. The van der Waals surface area contributed by atoms with Crippen molar-refractivity contribution in [3.63, 3.8) is 0 Å². The van der Waals surface area contributed by atoms with E-state index in [1.54, 1.807) is 0 Å². The Morgan fingerprint density at radius 1 is 1.67 bits per heavy atom. The standard InChI is InChI=1S/C4H6P2/c1-6-4-2-3-5-6/h2-4H,1H3. The van der Waals surface area contributed by atoms with Gasteiger partial charge in [0.1, 0.15) is 0 Å². The van der Waals surface area contributed by atoms with Crippen LogP contribution in [0, 0.1) is 0 Å². The average molecular weight is 116 g/mol. The molecule has 1 heterocycles. The molecule has 0 saturated heterocycles. The molecule has 1 aromatic heterocycles. The minimum Gasteiger partial charge on any atom is -0.0992 e. The summed E-state index contributed by atoms with van der Waals surface area (Å²) in [5.74, 6) is 4.47. The van der Waals surface area contributed by atoms with E-state index in [4.69, 9.17) is 0 Å². The minimum atomic E-state index is 0.271. The molecule has 0 amide bonds. The van der Waals surface area contributed by atoms with Crippen LogP contribution in [0.4, 0.5) is 0 Å². The molecule has 2 heteroatoms. The number of rotatable bonds is 0. The largest absolute Gasteiger partial charge is 0.0992 e. The van der Waals surface area contributed by atoms with Crippen LogP contribution in [0.1, 0.15) is 0 Å². The molecule has 0 saturated carbocycles. The van der Waals surface area contributed by atoms with Gasteiger partial charge in [0.05, 0.1) is 0 Å². The van der Waals surface area contributed by atoms with Crippen molar-refractivity contribution in [1.29, 1.82) is 0 Å². The van der Waals surface area contributed by atoms with Gasteiger partial charge >= 0.3 is 0 Å². The minimum absolute atomic E-state index is 0.271. The van der Waals surface area contributed by atoms with Crippen molar-refractivity contribution < 1.29 is 0 Å². The molecule has 0 aliphatic rings. The molecule has 0 aromatic carbocycles. The van der Waals surface area contributed by atoms with E-state index in [-0.39, 0.29) is 7.21 Å². The molecule has 1 aromatic rings. The maximum absolute atomic E-state index is 2.27. The molecule has 0 aliphatic carbocycles. The van der Waals surface area contributed by atoms with Gasteiger partial charge < -0.3 is 0 Å². The molecule has 0 N–H and O–H groups in total. The van der Waals surface area contributed by atoms with Crippen molar-refractivity contribution >= 4 is 15.1 Å². The molecule has 0 bridgehead atoms. The van der Waals surface area contributed by atoms with Crippen LogP contribution in [-0.2, 0) is 6.66 Å². The molecule has 0 fully saturated rings. The van der Waals surface area contributed by atoms with Crippen LogP contribution in [0.25, 0.3) is 0 Å². The van der Waals surface area contributed by atoms with Gasteiger partial charge in [0.2, 0.25) is 0 Å². The summed E-state index contributed by atoms with van der Waals surface area (Å²) >= 11 is 0. The van der Waals surface area contributed by atoms with Crippen LogP contribution in [0.5, 0.6) is 0 Å². The topological polar surface area (TPSA) is 0 Å². The van der Waals surface area contributed by atoms with Crippen LogP contribution in [0.15, 0.2) is 17.7 Å². The Labute approximate surface area is 40.3 Å². The van der Waals surface area contributed by atoms with Gasteiger partial charge in [-0.1, -0.05) is 21.1 Å². The lowest BCUT2D eigenvalue weighted by Crippen LogP contribution is -1.21. The van der Waals surface area contributed by atoms with Crippen molar-refractivity contribution in [2.75, 3.05) is 0 Å². The highest BCUT2D eigenvalue weighted by Crippen LogP contribution is 2.33. The second-order valence-electron chi connectivity index (χ2n) is 1.18. The molecule has 1 unspecified atom stereocenters. The van der Waals surface area contributed by atoms with Crippen LogP contribution < -0.4 is 0 Å². The number of hydrogen-bond acceptors (Lipinski definition) is 0. The predicted octanol–water partition coefficient (Wildman–Crippen LogP) is 2.79. The van der Waals surface area contributed by atoms with Crippen LogP contribution >= 0.6 is 15.1 Å². The Hall–Kier alpha value is 0.210. The van der Waals surface area contributed by atoms with E-state index < -0.39 is 0 Å². The maximum Gasteiger partial charge on any atom is -0.0217 e. The van der Waals surface area contributed by atoms with E-state index in [1.165, 1.54) is 7.87 Å². The summed E-state index contributed by atoms with van der Waals surface area (Å²) in [7, 11) is 1.79. The second kappa shape index (κ2) is 1.78. The summed E-state index contributed by atoms with van der Waals surface area (Å²) in [6.45, 7) is 2.27. The van der Waals surface area contributed by atoms with E-state index in [9.17, 15) is 0 Å². The van der Waals surface area contributed by atoms with Gasteiger partial charge in [0.15, 0.2) is 0 Å². The van der Waals surface area contributed by atoms with Gasteiger partial charge in [0, 0.05) is 0 Å².